The number of carbonyl (C=O) groups is 1. The van der Waals surface area contributed by atoms with Gasteiger partial charge in [-0.05, 0) is 17.9 Å². The molecule has 1 atom stereocenters. The molecule has 20 heavy (non-hydrogen) atoms. The Morgan fingerprint density at radius 2 is 1.55 bits per heavy atom. The van der Waals surface area contributed by atoms with Gasteiger partial charge in [0.2, 0.25) is 0 Å². The Hall–Kier alpha value is -1.11. The van der Waals surface area contributed by atoms with Gasteiger partial charge in [-0.25, -0.2) is 0 Å². The molecule has 0 bridgehead atoms. The van der Waals surface area contributed by atoms with Gasteiger partial charge in [-0.1, -0.05) is 89.5 Å². The quantitative estimate of drug-likeness (QED) is 0.350. The largest absolute Gasteiger partial charge is 0.298 e. The first-order chi connectivity index (χ1) is 9.79. The zero-order valence-electron chi connectivity index (χ0n) is 13.2. The maximum absolute atomic E-state index is 11.0. The van der Waals surface area contributed by atoms with Gasteiger partial charge in [-0.15, -0.1) is 0 Å². The van der Waals surface area contributed by atoms with Crippen molar-refractivity contribution >= 4 is 6.29 Å². The van der Waals surface area contributed by atoms with Gasteiger partial charge in [0.05, 0.1) is 0 Å². The molecule has 0 aliphatic heterocycles. The van der Waals surface area contributed by atoms with Crippen molar-refractivity contribution in [1.29, 1.82) is 0 Å². The lowest BCUT2D eigenvalue weighted by Crippen LogP contribution is -1.98. The summed E-state index contributed by atoms with van der Waals surface area (Å²) in [4.78, 5) is 11.0. The summed E-state index contributed by atoms with van der Waals surface area (Å²) < 4.78 is 0. The fourth-order valence-corrected chi connectivity index (χ4v) is 2.81. The number of carbonyl (C=O) groups excluding carboxylic acids is 1. The third kappa shape index (κ3) is 6.36. The van der Waals surface area contributed by atoms with Gasteiger partial charge >= 0.3 is 0 Å². The first-order valence-corrected chi connectivity index (χ1v) is 8.33. The highest BCUT2D eigenvalue weighted by atomic mass is 16.1. The third-order valence-electron chi connectivity index (χ3n) is 4.14. The standard InChI is InChI=1S/C19H30O/c1-3-4-5-6-7-8-9-10-13-17(2)19-15-12-11-14-18(19)16-20/h11-12,14-17H,3-10,13H2,1-2H3. The highest BCUT2D eigenvalue weighted by Gasteiger charge is 2.09. The molecule has 0 spiro atoms. The maximum Gasteiger partial charge on any atom is 0.150 e. The molecule has 1 nitrogen and oxygen atoms in total. The van der Waals surface area contributed by atoms with Crippen LogP contribution in [0.25, 0.3) is 0 Å². The van der Waals surface area contributed by atoms with E-state index >= 15 is 0 Å². The van der Waals surface area contributed by atoms with Crippen LogP contribution in [0.1, 0.15) is 93.5 Å². The molecule has 1 unspecified atom stereocenters. The Morgan fingerprint density at radius 3 is 2.20 bits per heavy atom. The maximum atomic E-state index is 11.0. The van der Waals surface area contributed by atoms with Gasteiger partial charge in [0, 0.05) is 5.56 Å². The average molecular weight is 274 g/mol. The van der Waals surface area contributed by atoms with Crippen LogP contribution in [0.4, 0.5) is 0 Å². The molecule has 1 aromatic rings. The van der Waals surface area contributed by atoms with Crippen LogP contribution in [0, 0.1) is 0 Å². The van der Waals surface area contributed by atoms with E-state index in [0.29, 0.717) is 5.92 Å². The SMILES string of the molecule is CCCCCCCCCCC(C)c1ccccc1C=O. The summed E-state index contributed by atoms with van der Waals surface area (Å²) in [5, 5.41) is 0. The summed E-state index contributed by atoms with van der Waals surface area (Å²) in [7, 11) is 0. The molecule has 0 aliphatic carbocycles. The first kappa shape index (κ1) is 16.9. The minimum atomic E-state index is 0.497. The molecule has 0 N–H and O–H groups in total. The molecule has 0 saturated carbocycles. The topological polar surface area (TPSA) is 17.1 Å². The van der Waals surface area contributed by atoms with Crippen LogP contribution < -0.4 is 0 Å². The van der Waals surface area contributed by atoms with Crippen molar-refractivity contribution in [2.45, 2.75) is 77.6 Å². The molecule has 0 saturated heterocycles. The second-order valence-electron chi connectivity index (χ2n) is 5.91. The second kappa shape index (κ2) is 10.7. The van der Waals surface area contributed by atoms with E-state index in [2.05, 4.69) is 19.9 Å². The van der Waals surface area contributed by atoms with Crippen molar-refractivity contribution in [3.05, 3.63) is 35.4 Å². The zero-order valence-corrected chi connectivity index (χ0v) is 13.2. The zero-order chi connectivity index (χ0) is 14.6. The molecule has 1 heteroatoms. The monoisotopic (exact) mass is 274 g/mol. The van der Waals surface area contributed by atoms with E-state index < -0.39 is 0 Å². The minimum Gasteiger partial charge on any atom is -0.298 e. The van der Waals surface area contributed by atoms with E-state index in [0.717, 1.165) is 11.8 Å². The van der Waals surface area contributed by atoms with Crippen LogP contribution in [0.15, 0.2) is 24.3 Å². The van der Waals surface area contributed by atoms with E-state index in [9.17, 15) is 4.79 Å². The summed E-state index contributed by atoms with van der Waals surface area (Å²) in [6, 6.07) is 7.99. The molecule has 0 aliphatic rings. The van der Waals surface area contributed by atoms with Crippen molar-refractivity contribution in [3.63, 3.8) is 0 Å². The summed E-state index contributed by atoms with van der Waals surface area (Å²) >= 11 is 0. The number of hydrogen-bond donors (Lipinski definition) is 0. The van der Waals surface area contributed by atoms with Gasteiger partial charge in [0.1, 0.15) is 6.29 Å². The summed E-state index contributed by atoms with van der Waals surface area (Å²) in [5.41, 5.74) is 2.07. The van der Waals surface area contributed by atoms with Gasteiger partial charge in [-0.2, -0.15) is 0 Å². The second-order valence-corrected chi connectivity index (χ2v) is 5.91. The predicted octanol–water partition coefficient (Wildman–Crippen LogP) is 6.13. The number of aldehydes is 1. The number of unbranched alkanes of at least 4 members (excludes halogenated alkanes) is 7. The third-order valence-corrected chi connectivity index (χ3v) is 4.14. The van der Waals surface area contributed by atoms with Crippen molar-refractivity contribution in [2.24, 2.45) is 0 Å². The summed E-state index contributed by atoms with van der Waals surface area (Å²) in [5.74, 6) is 0.497. The van der Waals surface area contributed by atoms with Crippen molar-refractivity contribution < 1.29 is 4.79 Å². The molecule has 1 rings (SSSR count). The first-order valence-electron chi connectivity index (χ1n) is 8.33. The Balaban J connectivity index is 2.17. The lowest BCUT2D eigenvalue weighted by atomic mass is 9.91. The van der Waals surface area contributed by atoms with Crippen LogP contribution in [0.2, 0.25) is 0 Å². The molecular formula is C19H30O. The lowest BCUT2D eigenvalue weighted by Gasteiger charge is -2.13. The van der Waals surface area contributed by atoms with E-state index in [1.54, 1.807) is 0 Å². The minimum absolute atomic E-state index is 0.497. The number of benzene rings is 1. The van der Waals surface area contributed by atoms with E-state index in [1.165, 1.54) is 63.4 Å². The molecular weight excluding hydrogens is 244 g/mol. The van der Waals surface area contributed by atoms with Crippen LogP contribution >= 0.6 is 0 Å². The molecule has 0 heterocycles. The average Bonchev–Trinajstić information content (AvgIpc) is 2.49. The van der Waals surface area contributed by atoms with Crippen molar-refractivity contribution in [1.82, 2.24) is 0 Å². The molecule has 0 amide bonds. The van der Waals surface area contributed by atoms with E-state index in [4.69, 9.17) is 0 Å². The summed E-state index contributed by atoms with van der Waals surface area (Å²) in [6.07, 6.45) is 13.1. The molecule has 112 valence electrons. The van der Waals surface area contributed by atoms with Crippen LogP contribution in [-0.4, -0.2) is 6.29 Å². The predicted molar refractivity (Wildman–Crippen MR) is 87.5 cm³/mol. The smallest absolute Gasteiger partial charge is 0.150 e. The highest BCUT2D eigenvalue weighted by Crippen LogP contribution is 2.24. The van der Waals surface area contributed by atoms with Crippen LogP contribution in [0.3, 0.4) is 0 Å². The number of rotatable bonds is 11. The normalized spacial score (nSPS) is 12.3. The lowest BCUT2D eigenvalue weighted by molar-refractivity contribution is 0.112. The Labute approximate surface area is 124 Å². The molecule has 0 fully saturated rings. The van der Waals surface area contributed by atoms with Crippen molar-refractivity contribution in [3.8, 4) is 0 Å². The molecule has 0 radical (unpaired) electrons. The number of hydrogen-bond acceptors (Lipinski definition) is 1. The van der Waals surface area contributed by atoms with Gasteiger partial charge < -0.3 is 0 Å². The fraction of sp³-hybridized carbons (Fsp3) is 0.632. The van der Waals surface area contributed by atoms with E-state index in [-0.39, 0.29) is 0 Å². The molecule has 0 aromatic heterocycles. The van der Waals surface area contributed by atoms with E-state index in [1.807, 2.05) is 18.2 Å². The van der Waals surface area contributed by atoms with Gasteiger partial charge in [0.15, 0.2) is 0 Å². The van der Waals surface area contributed by atoms with Gasteiger partial charge in [-0.3, -0.25) is 4.79 Å². The Kier molecular flexibility index (Phi) is 9.02. The van der Waals surface area contributed by atoms with Crippen LogP contribution in [0.5, 0.6) is 0 Å². The Morgan fingerprint density at radius 1 is 0.950 bits per heavy atom. The van der Waals surface area contributed by atoms with Crippen molar-refractivity contribution in [2.75, 3.05) is 0 Å². The van der Waals surface area contributed by atoms with Crippen LogP contribution in [-0.2, 0) is 0 Å². The summed E-state index contributed by atoms with van der Waals surface area (Å²) in [6.45, 7) is 4.50. The highest BCUT2D eigenvalue weighted by molar-refractivity contribution is 5.77. The van der Waals surface area contributed by atoms with Gasteiger partial charge in [0.25, 0.3) is 0 Å². The molecule has 1 aromatic carbocycles. The Bertz CT molecular complexity index is 370. The fourth-order valence-electron chi connectivity index (χ4n) is 2.81.